The summed E-state index contributed by atoms with van der Waals surface area (Å²) in [5.74, 6) is -0.897. The summed E-state index contributed by atoms with van der Waals surface area (Å²) in [5.41, 5.74) is 1.23. The molecule has 1 heterocycles. The first-order valence-corrected chi connectivity index (χ1v) is 5.05. The van der Waals surface area contributed by atoms with Crippen LogP contribution in [0.2, 0.25) is 0 Å². The van der Waals surface area contributed by atoms with Crippen molar-refractivity contribution in [1.29, 1.82) is 0 Å². The van der Waals surface area contributed by atoms with E-state index in [9.17, 15) is 9.59 Å². The number of carbonyl (C=O) groups is 1. The Hall–Kier alpha value is -2.30. The van der Waals surface area contributed by atoms with Crippen molar-refractivity contribution in [2.45, 2.75) is 6.54 Å². The summed E-state index contributed by atoms with van der Waals surface area (Å²) in [5, 5.41) is 0. The molecule has 5 nitrogen and oxygen atoms in total. The molecule has 0 radical (unpaired) electrons. The standard InChI is InChI=1S/C12H11NO4/c1-16-11(14)7-4-8-13-9-5-2-3-6-10(9)17-12(13)15/h2-7H,8H2,1H3. The molecule has 88 valence electrons. The van der Waals surface area contributed by atoms with Crippen LogP contribution in [-0.4, -0.2) is 17.6 Å². The summed E-state index contributed by atoms with van der Waals surface area (Å²) in [6.07, 6.45) is 2.82. The van der Waals surface area contributed by atoms with Gasteiger partial charge in [-0.05, 0) is 12.1 Å². The maximum atomic E-state index is 11.5. The number of fused-ring (bicyclic) bond motifs is 1. The number of esters is 1. The zero-order valence-electron chi connectivity index (χ0n) is 9.25. The van der Waals surface area contributed by atoms with Crippen LogP contribution in [0.5, 0.6) is 0 Å². The number of allylic oxidation sites excluding steroid dienone is 1. The molecule has 0 bridgehead atoms. The highest BCUT2D eigenvalue weighted by Crippen LogP contribution is 2.11. The number of nitrogens with zero attached hydrogens (tertiary/aromatic N) is 1. The van der Waals surface area contributed by atoms with Crippen LogP contribution in [0.4, 0.5) is 0 Å². The Labute approximate surface area is 96.9 Å². The number of para-hydroxylation sites is 2. The van der Waals surface area contributed by atoms with Gasteiger partial charge in [0.25, 0.3) is 0 Å². The average molecular weight is 233 g/mol. The van der Waals surface area contributed by atoms with Crippen molar-refractivity contribution < 1.29 is 13.9 Å². The summed E-state index contributed by atoms with van der Waals surface area (Å²) < 4.78 is 10.9. The molecular weight excluding hydrogens is 222 g/mol. The largest absolute Gasteiger partial charge is 0.466 e. The molecule has 2 aromatic rings. The maximum absolute atomic E-state index is 11.5. The molecule has 0 amide bonds. The number of oxazole rings is 1. The van der Waals surface area contributed by atoms with Gasteiger partial charge in [-0.15, -0.1) is 0 Å². The topological polar surface area (TPSA) is 61.4 Å². The Kier molecular flexibility index (Phi) is 3.09. The predicted octanol–water partition coefficient (Wildman–Crippen LogP) is 1.32. The lowest BCUT2D eigenvalue weighted by Crippen LogP contribution is -2.13. The average Bonchev–Trinajstić information content (AvgIpc) is 2.66. The van der Waals surface area contributed by atoms with E-state index in [1.807, 2.05) is 6.07 Å². The molecule has 0 aliphatic rings. The lowest BCUT2D eigenvalue weighted by molar-refractivity contribution is -0.134. The Morgan fingerprint density at radius 1 is 1.47 bits per heavy atom. The zero-order chi connectivity index (χ0) is 12.3. The third-order valence-electron chi connectivity index (χ3n) is 2.32. The number of aromatic nitrogens is 1. The fraction of sp³-hybridized carbons (Fsp3) is 0.167. The normalized spacial score (nSPS) is 11.1. The fourth-order valence-corrected chi connectivity index (χ4v) is 1.51. The van der Waals surface area contributed by atoms with Gasteiger partial charge in [0, 0.05) is 12.6 Å². The van der Waals surface area contributed by atoms with E-state index in [0.29, 0.717) is 11.1 Å². The van der Waals surface area contributed by atoms with E-state index >= 15 is 0 Å². The smallest absolute Gasteiger partial charge is 0.420 e. The van der Waals surface area contributed by atoms with Gasteiger partial charge in [-0.25, -0.2) is 9.59 Å². The second kappa shape index (κ2) is 4.69. The molecule has 1 aromatic heterocycles. The second-order valence-corrected chi connectivity index (χ2v) is 3.37. The molecule has 0 saturated heterocycles. The van der Waals surface area contributed by atoms with Gasteiger partial charge in [-0.1, -0.05) is 18.2 Å². The van der Waals surface area contributed by atoms with Crippen LogP contribution < -0.4 is 5.76 Å². The summed E-state index contributed by atoms with van der Waals surface area (Å²) in [7, 11) is 1.30. The summed E-state index contributed by atoms with van der Waals surface area (Å²) >= 11 is 0. The Bertz CT molecular complexity index is 621. The van der Waals surface area contributed by atoms with Crippen molar-refractivity contribution in [2.24, 2.45) is 0 Å². The molecule has 0 spiro atoms. The highest BCUT2D eigenvalue weighted by Gasteiger charge is 2.06. The first-order valence-electron chi connectivity index (χ1n) is 5.05. The van der Waals surface area contributed by atoms with Gasteiger partial charge in [0.1, 0.15) is 0 Å². The number of methoxy groups -OCH3 is 1. The van der Waals surface area contributed by atoms with Crippen molar-refractivity contribution >= 4 is 17.1 Å². The van der Waals surface area contributed by atoms with Crippen molar-refractivity contribution in [3.8, 4) is 0 Å². The molecule has 0 N–H and O–H groups in total. The molecule has 0 unspecified atom stereocenters. The number of benzene rings is 1. The Balaban J connectivity index is 2.30. The van der Waals surface area contributed by atoms with E-state index in [1.165, 1.54) is 17.8 Å². The van der Waals surface area contributed by atoms with E-state index in [4.69, 9.17) is 4.42 Å². The monoisotopic (exact) mass is 233 g/mol. The number of rotatable bonds is 3. The molecule has 1 aromatic carbocycles. The second-order valence-electron chi connectivity index (χ2n) is 3.37. The summed E-state index contributed by atoms with van der Waals surface area (Å²) in [4.78, 5) is 22.4. The van der Waals surface area contributed by atoms with Crippen LogP contribution in [-0.2, 0) is 16.1 Å². The number of hydrogen-bond donors (Lipinski definition) is 0. The minimum atomic E-state index is -0.453. The summed E-state index contributed by atoms with van der Waals surface area (Å²) in [6, 6.07) is 7.11. The SMILES string of the molecule is COC(=O)C=CCn1c(=O)oc2ccccc21. The molecular formula is C12H11NO4. The Morgan fingerprint density at radius 2 is 2.24 bits per heavy atom. The van der Waals surface area contributed by atoms with Gasteiger partial charge in [0.15, 0.2) is 5.58 Å². The molecule has 0 aliphatic carbocycles. The highest BCUT2D eigenvalue weighted by molar-refractivity contribution is 5.81. The quantitative estimate of drug-likeness (QED) is 0.592. The molecule has 5 heteroatoms. The first kappa shape index (κ1) is 11.2. The minimum absolute atomic E-state index is 0.269. The predicted molar refractivity (Wildman–Crippen MR) is 61.6 cm³/mol. The molecule has 0 aliphatic heterocycles. The van der Waals surface area contributed by atoms with Crippen LogP contribution in [0.1, 0.15) is 0 Å². The van der Waals surface area contributed by atoms with Crippen LogP contribution in [0.15, 0.2) is 45.6 Å². The van der Waals surface area contributed by atoms with Crippen molar-refractivity contribution in [3.63, 3.8) is 0 Å². The van der Waals surface area contributed by atoms with Crippen molar-refractivity contribution in [1.82, 2.24) is 4.57 Å². The molecule has 17 heavy (non-hydrogen) atoms. The van der Waals surface area contributed by atoms with Gasteiger partial charge in [0.2, 0.25) is 0 Å². The van der Waals surface area contributed by atoms with Crippen LogP contribution in [0, 0.1) is 0 Å². The van der Waals surface area contributed by atoms with E-state index in [0.717, 1.165) is 0 Å². The van der Waals surface area contributed by atoms with E-state index in [-0.39, 0.29) is 6.54 Å². The lowest BCUT2D eigenvalue weighted by atomic mass is 10.3. The summed E-state index contributed by atoms with van der Waals surface area (Å²) in [6.45, 7) is 0.269. The van der Waals surface area contributed by atoms with Gasteiger partial charge in [-0.3, -0.25) is 4.57 Å². The molecule has 0 atom stereocenters. The van der Waals surface area contributed by atoms with E-state index in [1.54, 1.807) is 24.3 Å². The molecule has 2 rings (SSSR count). The van der Waals surface area contributed by atoms with E-state index in [2.05, 4.69) is 4.74 Å². The van der Waals surface area contributed by atoms with E-state index < -0.39 is 11.7 Å². The fourth-order valence-electron chi connectivity index (χ4n) is 1.51. The molecule has 0 saturated carbocycles. The zero-order valence-corrected chi connectivity index (χ0v) is 9.25. The third-order valence-corrected chi connectivity index (χ3v) is 2.32. The van der Waals surface area contributed by atoms with Gasteiger partial charge in [-0.2, -0.15) is 0 Å². The maximum Gasteiger partial charge on any atom is 0.420 e. The number of hydrogen-bond acceptors (Lipinski definition) is 4. The molecule has 0 fully saturated rings. The van der Waals surface area contributed by atoms with Crippen molar-refractivity contribution in [3.05, 3.63) is 47.0 Å². The lowest BCUT2D eigenvalue weighted by Gasteiger charge is -1.96. The van der Waals surface area contributed by atoms with Crippen LogP contribution >= 0.6 is 0 Å². The highest BCUT2D eigenvalue weighted by atomic mass is 16.5. The first-order chi connectivity index (χ1) is 8.22. The van der Waals surface area contributed by atoms with Gasteiger partial charge < -0.3 is 9.15 Å². The van der Waals surface area contributed by atoms with Crippen LogP contribution in [0.25, 0.3) is 11.1 Å². The third kappa shape index (κ3) is 2.28. The Morgan fingerprint density at radius 3 is 3.00 bits per heavy atom. The number of ether oxygens (including phenoxy) is 1. The van der Waals surface area contributed by atoms with Gasteiger partial charge in [0.05, 0.1) is 12.6 Å². The van der Waals surface area contributed by atoms with Gasteiger partial charge >= 0.3 is 11.7 Å². The number of carbonyl (C=O) groups excluding carboxylic acids is 1. The van der Waals surface area contributed by atoms with Crippen LogP contribution in [0.3, 0.4) is 0 Å². The van der Waals surface area contributed by atoms with Crippen molar-refractivity contribution in [2.75, 3.05) is 7.11 Å². The minimum Gasteiger partial charge on any atom is -0.466 e.